The standard InChI is InChI=1S/C13H11NO4/c15-11-3-1-2-9(6-11)10-4-5-12(16)14(7-10)8-13(17)18/h1-7,15H,8H2,(H,17,18). The molecular weight excluding hydrogens is 234 g/mol. The molecule has 0 fully saturated rings. The third-order valence-electron chi connectivity index (χ3n) is 2.47. The summed E-state index contributed by atoms with van der Waals surface area (Å²) in [5, 5.41) is 18.1. The zero-order valence-corrected chi connectivity index (χ0v) is 9.41. The number of carbonyl (C=O) groups is 1. The number of hydrogen-bond donors (Lipinski definition) is 2. The number of carboxylic acid groups (broad SMARTS) is 1. The van der Waals surface area contributed by atoms with Crippen molar-refractivity contribution in [1.29, 1.82) is 0 Å². The maximum atomic E-state index is 11.5. The van der Waals surface area contributed by atoms with Gasteiger partial charge in [-0.1, -0.05) is 12.1 Å². The van der Waals surface area contributed by atoms with Gasteiger partial charge >= 0.3 is 5.97 Å². The molecule has 1 heterocycles. The predicted molar refractivity (Wildman–Crippen MR) is 65.4 cm³/mol. The molecule has 2 rings (SSSR count). The van der Waals surface area contributed by atoms with Crippen molar-refractivity contribution in [3.8, 4) is 16.9 Å². The fraction of sp³-hybridized carbons (Fsp3) is 0.0769. The molecule has 1 aromatic carbocycles. The summed E-state index contributed by atoms with van der Waals surface area (Å²) in [6.07, 6.45) is 1.46. The summed E-state index contributed by atoms with van der Waals surface area (Å²) in [6, 6.07) is 9.43. The largest absolute Gasteiger partial charge is 0.508 e. The van der Waals surface area contributed by atoms with E-state index >= 15 is 0 Å². The van der Waals surface area contributed by atoms with Crippen molar-refractivity contribution in [2.45, 2.75) is 6.54 Å². The first-order chi connectivity index (χ1) is 8.56. The van der Waals surface area contributed by atoms with Crippen molar-refractivity contribution in [3.05, 3.63) is 52.9 Å². The summed E-state index contributed by atoms with van der Waals surface area (Å²) in [7, 11) is 0. The molecule has 18 heavy (non-hydrogen) atoms. The number of carboxylic acids is 1. The Bertz CT molecular complexity index is 645. The summed E-state index contributed by atoms with van der Waals surface area (Å²) < 4.78 is 1.11. The Labute approximate surface area is 103 Å². The molecule has 0 unspecified atom stereocenters. The second kappa shape index (κ2) is 4.75. The Morgan fingerprint density at radius 1 is 1.17 bits per heavy atom. The lowest BCUT2D eigenvalue weighted by molar-refractivity contribution is -0.137. The molecule has 2 aromatic rings. The van der Waals surface area contributed by atoms with Crippen LogP contribution in [0.3, 0.4) is 0 Å². The highest BCUT2D eigenvalue weighted by Gasteiger charge is 2.05. The van der Waals surface area contributed by atoms with E-state index < -0.39 is 5.97 Å². The van der Waals surface area contributed by atoms with Crippen LogP contribution < -0.4 is 5.56 Å². The first-order valence-corrected chi connectivity index (χ1v) is 5.28. The van der Waals surface area contributed by atoms with E-state index in [1.54, 1.807) is 24.3 Å². The Kier molecular flexibility index (Phi) is 3.14. The van der Waals surface area contributed by atoms with Gasteiger partial charge in [-0.25, -0.2) is 0 Å². The van der Waals surface area contributed by atoms with Gasteiger partial charge < -0.3 is 14.8 Å². The molecule has 0 aliphatic carbocycles. The van der Waals surface area contributed by atoms with Crippen LogP contribution in [-0.4, -0.2) is 20.7 Å². The number of pyridine rings is 1. The Balaban J connectivity index is 2.47. The minimum atomic E-state index is -1.08. The second-order valence-electron chi connectivity index (χ2n) is 3.83. The molecule has 0 radical (unpaired) electrons. The van der Waals surface area contributed by atoms with Gasteiger partial charge in [0.1, 0.15) is 12.3 Å². The summed E-state index contributed by atoms with van der Waals surface area (Å²) in [6.45, 7) is -0.383. The van der Waals surface area contributed by atoms with Gasteiger partial charge in [0, 0.05) is 12.3 Å². The zero-order valence-electron chi connectivity index (χ0n) is 9.41. The van der Waals surface area contributed by atoms with E-state index in [-0.39, 0.29) is 17.9 Å². The number of aromatic hydroxyl groups is 1. The summed E-state index contributed by atoms with van der Waals surface area (Å²) in [5.74, 6) is -0.964. The maximum Gasteiger partial charge on any atom is 0.323 e. The first kappa shape index (κ1) is 11.9. The van der Waals surface area contributed by atoms with Crippen molar-refractivity contribution in [2.24, 2.45) is 0 Å². The highest BCUT2D eigenvalue weighted by Crippen LogP contribution is 2.21. The van der Waals surface area contributed by atoms with E-state index in [0.29, 0.717) is 11.1 Å². The van der Waals surface area contributed by atoms with Gasteiger partial charge in [-0.3, -0.25) is 9.59 Å². The molecule has 0 aliphatic rings. The SMILES string of the molecule is O=C(O)Cn1cc(-c2cccc(O)c2)ccc1=O. The van der Waals surface area contributed by atoms with Crippen LogP contribution in [0.15, 0.2) is 47.4 Å². The molecule has 1 aromatic heterocycles. The first-order valence-electron chi connectivity index (χ1n) is 5.28. The molecule has 92 valence electrons. The van der Waals surface area contributed by atoms with Crippen molar-refractivity contribution < 1.29 is 15.0 Å². The van der Waals surface area contributed by atoms with Crippen molar-refractivity contribution in [1.82, 2.24) is 4.57 Å². The number of rotatable bonds is 3. The van der Waals surface area contributed by atoms with Crippen LogP contribution in [0, 0.1) is 0 Å². The quantitative estimate of drug-likeness (QED) is 0.854. The van der Waals surface area contributed by atoms with Crippen LogP contribution in [0.2, 0.25) is 0 Å². The van der Waals surface area contributed by atoms with Crippen molar-refractivity contribution in [2.75, 3.05) is 0 Å². The van der Waals surface area contributed by atoms with E-state index in [1.165, 1.54) is 18.3 Å². The molecule has 0 saturated carbocycles. The monoisotopic (exact) mass is 245 g/mol. The average Bonchev–Trinajstić information content (AvgIpc) is 2.31. The average molecular weight is 245 g/mol. The molecule has 0 bridgehead atoms. The lowest BCUT2D eigenvalue weighted by atomic mass is 10.1. The highest BCUT2D eigenvalue weighted by molar-refractivity contribution is 5.67. The predicted octanol–water partition coefficient (Wildman–Crippen LogP) is 1.31. The van der Waals surface area contributed by atoms with E-state index in [4.69, 9.17) is 5.11 Å². The molecule has 0 saturated heterocycles. The van der Waals surface area contributed by atoms with Crippen LogP contribution in [0.25, 0.3) is 11.1 Å². The van der Waals surface area contributed by atoms with Crippen LogP contribution in [-0.2, 0) is 11.3 Å². The molecule has 0 amide bonds. The Hall–Kier alpha value is -2.56. The molecule has 5 nitrogen and oxygen atoms in total. The Morgan fingerprint density at radius 2 is 1.94 bits per heavy atom. The van der Waals surface area contributed by atoms with E-state index in [9.17, 15) is 14.7 Å². The van der Waals surface area contributed by atoms with Gasteiger partial charge in [0.15, 0.2) is 0 Å². The summed E-state index contributed by atoms with van der Waals surface area (Å²) >= 11 is 0. The van der Waals surface area contributed by atoms with Gasteiger partial charge in [0.05, 0.1) is 0 Å². The van der Waals surface area contributed by atoms with Crippen molar-refractivity contribution >= 4 is 5.97 Å². The van der Waals surface area contributed by atoms with Crippen LogP contribution in [0.5, 0.6) is 5.75 Å². The molecule has 5 heteroatoms. The number of phenols is 1. The van der Waals surface area contributed by atoms with Crippen LogP contribution in [0.1, 0.15) is 0 Å². The molecule has 0 spiro atoms. The molecule has 0 atom stereocenters. The third kappa shape index (κ3) is 2.57. The smallest absolute Gasteiger partial charge is 0.323 e. The normalized spacial score (nSPS) is 10.2. The lowest BCUT2D eigenvalue weighted by Gasteiger charge is -2.06. The van der Waals surface area contributed by atoms with E-state index in [2.05, 4.69) is 0 Å². The number of aromatic nitrogens is 1. The van der Waals surface area contributed by atoms with Gasteiger partial charge in [0.2, 0.25) is 0 Å². The Morgan fingerprint density at radius 3 is 2.61 bits per heavy atom. The zero-order chi connectivity index (χ0) is 13.1. The number of phenolic OH excluding ortho intramolecular Hbond substituents is 1. The molecule has 0 aliphatic heterocycles. The number of nitrogens with zero attached hydrogens (tertiary/aromatic N) is 1. The number of aliphatic carboxylic acids is 1. The maximum absolute atomic E-state index is 11.5. The minimum absolute atomic E-state index is 0.114. The molecular formula is C13H11NO4. The third-order valence-corrected chi connectivity index (χ3v) is 2.47. The van der Waals surface area contributed by atoms with E-state index in [0.717, 1.165) is 4.57 Å². The second-order valence-corrected chi connectivity index (χ2v) is 3.83. The van der Waals surface area contributed by atoms with Crippen LogP contribution >= 0.6 is 0 Å². The van der Waals surface area contributed by atoms with Crippen LogP contribution in [0.4, 0.5) is 0 Å². The van der Waals surface area contributed by atoms with E-state index in [1.807, 2.05) is 0 Å². The topological polar surface area (TPSA) is 79.5 Å². The fourth-order valence-electron chi connectivity index (χ4n) is 1.66. The summed E-state index contributed by atoms with van der Waals surface area (Å²) in [5.41, 5.74) is 1.02. The fourth-order valence-corrected chi connectivity index (χ4v) is 1.66. The van der Waals surface area contributed by atoms with Gasteiger partial charge in [-0.05, 0) is 29.3 Å². The molecule has 2 N–H and O–H groups in total. The van der Waals surface area contributed by atoms with Gasteiger partial charge in [-0.15, -0.1) is 0 Å². The van der Waals surface area contributed by atoms with Gasteiger partial charge in [-0.2, -0.15) is 0 Å². The lowest BCUT2D eigenvalue weighted by Crippen LogP contribution is -2.22. The minimum Gasteiger partial charge on any atom is -0.508 e. The number of hydrogen-bond acceptors (Lipinski definition) is 3. The highest BCUT2D eigenvalue weighted by atomic mass is 16.4. The van der Waals surface area contributed by atoms with Gasteiger partial charge in [0.25, 0.3) is 5.56 Å². The van der Waals surface area contributed by atoms with Crippen molar-refractivity contribution in [3.63, 3.8) is 0 Å². The number of benzene rings is 1. The summed E-state index contributed by atoms with van der Waals surface area (Å²) in [4.78, 5) is 22.1.